The second kappa shape index (κ2) is 22.3. The quantitative estimate of drug-likeness (QED) is 0.160. The highest BCUT2D eigenvalue weighted by Crippen LogP contribution is 2.50. The van der Waals surface area contributed by atoms with Gasteiger partial charge < -0.3 is 8.83 Å². The van der Waals surface area contributed by atoms with Gasteiger partial charge in [0, 0.05) is 75.8 Å². The van der Waals surface area contributed by atoms with Crippen molar-refractivity contribution in [3.8, 4) is 45.3 Å². The fourth-order valence-corrected chi connectivity index (χ4v) is 19.3. The predicted octanol–water partition coefficient (Wildman–Crippen LogP) is 28.1. The third kappa shape index (κ3) is 8.33. The Morgan fingerprint density at radius 3 is 1.12 bits per heavy atom. The Morgan fingerprint density at radius 1 is 0.188 bits per heavy atom. The number of benzene rings is 20. The molecular formula is C104H56N6O2. The van der Waals surface area contributed by atoms with Crippen molar-refractivity contribution < 1.29 is 8.83 Å². The minimum absolute atomic E-state index is 0.750. The van der Waals surface area contributed by atoms with Crippen LogP contribution in [0.2, 0.25) is 0 Å². The van der Waals surface area contributed by atoms with Gasteiger partial charge in [0.2, 0.25) is 0 Å². The standard InChI is InChI=1S/C104H56N6O2/c1-3-20-60-55-89-83(51-58(60)18-1)97-87(45-41-77-71-25-8-7-23-69(71)70-24-11-12-30-76(70)95(77)97)109(89)103-100(66-38-48-94-82(54-66)75-29-14-16-32-92(75)112-94)107-101-68-39-33-62(49-64(68)36-44-86(101)106-103)63-34-40-79-80(50-63)73-27-10-9-26-72(73)78-42-46-88-98(96(78)79)84-52-59-19-2-4-21-61(59)56-90(84)110(88)104-99(105-85-43-35-57-17-5-6-22-67(57)102(85)108-104)65-37-47-93-81(53-65)74-28-13-15-31-91(74)111-93/h1-56H. The summed E-state index contributed by atoms with van der Waals surface area (Å²) in [6.45, 7) is 0. The van der Waals surface area contributed by atoms with E-state index in [1.165, 1.54) is 75.4 Å². The molecule has 8 heteroatoms. The van der Waals surface area contributed by atoms with E-state index in [-0.39, 0.29) is 0 Å². The van der Waals surface area contributed by atoms with E-state index in [2.05, 4.69) is 325 Å². The van der Waals surface area contributed by atoms with Crippen molar-refractivity contribution in [1.82, 2.24) is 29.1 Å². The molecule has 0 atom stereocenters. The summed E-state index contributed by atoms with van der Waals surface area (Å²) in [5.41, 5.74) is 16.5. The zero-order chi connectivity index (χ0) is 72.7. The molecule has 0 spiro atoms. The van der Waals surface area contributed by atoms with Gasteiger partial charge in [0.1, 0.15) is 33.7 Å². The molecule has 0 amide bonds. The molecule has 20 aromatic carbocycles. The maximum Gasteiger partial charge on any atom is 0.165 e. The molecule has 0 fully saturated rings. The smallest absolute Gasteiger partial charge is 0.165 e. The number of nitrogens with zero attached hydrogens (tertiary/aromatic N) is 6. The zero-order valence-corrected chi connectivity index (χ0v) is 59.8. The van der Waals surface area contributed by atoms with Gasteiger partial charge >= 0.3 is 0 Å². The van der Waals surface area contributed by atoms with Gasteiger partial charge in [-0.3, -0.25) is 9.13 Å². The lowest BCUT2D eigenvalue weighted by Gasteiger charge is -2.16. The highest BCUT2D eigenvalue weighted by atomic mass is 16.3. The number of fused-ring (bicyclic) bond motifs is 34. The highest BCUT2D eigenvalue weighted by Gasteiger charge is 2.28. The average Bonchev–Trinajstić information content (AvgIpc) is 1.52. The fourth-order valence-electron chi connectivity index (χ4n) is 19.3. The molecule has 0 aliphatic heterocycles. The molecule has 6 aromatic heterocycles. The Hall–Kier alpha value is -15.1. The molecule has 514 valence electrons. The fraction of sp³-hybridized carbons (Fsp3) is 0. The highest BCUT2D eigenvalue weighted by molar-refractivity contribution is 6.38. The molecule has 0 N–H and O–H groups in total. The Balaban J connectivity index is 0.693. The van der Waals surface area contributed by atoms with Crippen molar-refractivity contribution in [3.63, 3.8) is 0 Å². The normalized spacial score (nSPS) is 12.5. The van der Waals surface area contributed by atoms with Crippen molar-refractivity contribution in [2.75, 3.05) is 0 Å². The molecule has 26 rings (SSSR count). The van der Waals surface area contributed by atoms with Crippen LogP contribution in [-0.4, -0.2) is 29.1 Å². The van der Waals surface area contributed by atoms with Gasteiger partial charge in [0.25, 0.3) is 0 Å². The van der Waals surface area contributed by atoms with Gasteiger partial charge in [-0.25, -0.2) is 19.9 Å². The SMILES string of the molecule is c1ccc2cc3c(cc2c1)c1c2c4ccccc4c4ccccc4c2ccc1n3-c1nc2ccc3cc(-c4ccc5c(c4)c4ccccc4c4ccc6c(c7cc8ccccc8cc7n6-c6nc7c(ccc8ccccc87)nc6-c6ccc7oc8ccccc8c7c6)c45)ccc3c2nc1-c1ccc2oc3ccccc3c2c1. The number of furan rings is 2. The molecule has 6 heterocycles. The number of hydrogen-bond acceptors (Lipinski definition) is 6. The Bertz CT molecular complexity index is 8770. The Kier molecular flexibility index (Phi) is 11.9. The summed E-state index contributed by atoms with van der Waals surface area (Å²) in [5, 5.41) is 32.1. The summed E-state index contributed by atoms with van der Waals surface area (Å²) < 4.78 is 17.7. The molecule has 0 saturated carbocycles. The molecule has 112 heavy (non-hydrogen) atoms. The molecule has 26 aromatic rings. The number of para-hydroxylation sites is 2. The van der Waals surface area contributed by atoms with Crippen LogP contribution in [0.25, 0.3) is 263 Å². The number of rotatable bonds is 5. The summed E-state index contributed by atoms with van der Waals surface area (Å²) in [4.78, 5) is 23.4. The van der Waals surface area contributed by atoms with Gasteiger partial charge in [0.15, 0.2) is 11.6 Å². The van der Waals surface area contributed by atoms with Crippen LogP contribution in [0, 0.1) is 0 Å². The van der Waals surface area contributed by atoms with Crippen molar-refractivity contribution in [1.29, 1.82) is 0 Å². The van der Waals surface area contributed by atoms with Gasteiger partial charge in [-0.05, 0) is 207 Å². The van der Waals surface area contributed by atoms with E-state index in [0.717, 1.165) is 187 Å². The third-order valence-electron chi connectivity index (χ3n) is 24.3. The molecule has 0 aliphatic carbocycles. The minimum Gasteiger partial charge on any atom is -0.456 e. The van der Waals surface area contributed by atoms with E-state index in [1.807, 2.05) is 24.3 Å². The van der Waals surface area contributed by atoms with E-state index in [4.69, 9.17) is 28.8 Å². The predicted molar refractivity (Wildman–Crippen MR) is 467 cm³/mol. The zero-order valence-electron chi connectivity index (χ0n) is 59.8. The van der Waals surface area contributed by atoms with E-state index in [0.29, 0.717) is 0 Å². The van der Waals surface area contributed by atoms with Crippen molar-refractivity contribution in [2.45, 2.75) is 0 Å². The molecule has 0 bridgehead atoms. The van der Waals surface area contributed by atoms with E-state index in [9.17, 15) is 0 Å². The number of hydrogen-bond donors (Lipinski definition) is 0. The van der Waals surface area contributed by atoms with Crippen molar-refractivity contribution in [3.05, 3.63) is 340 Å². The molecule has 8 nitrogen and oxygen atoms in total. The molecular weight excluding hydrogens is 1370 g/mol. The maximum absolute atomic E-state index is 6.51. The minimum atomic E-state index is 0.750. The first-order valence-electron chi connectivity index (χ1n) is 38.2. The van der Waals surface area contributed by atoms with E-state index < -0.39 is 0 Å². The Morgan fingerprint density at radius 2 is 0.554 bits per heavy atom. The van der Waals surface area contributed by atoms with Crippen LogP contribution in [0.5, 0.6) is 0 Å². The van der Waals surface area contributed by atoms with Crippen LogP contribution in [0.1, 0.15) is 0 Å². The largest absolute Gasteiger partial charge is 0.456 e. The van der Waals surface area contributed by atoms with Crippen LogP contribution in [0.15, 0.2) is 349 Å². The molecule has 0 aliphatic rings. The van der Waals surface area contributed by atoms with E-state index >= 15 is 0 Å². The summed E-state index contributed by atoms with van der Waals surface area (Å²) in [5.74, 6) is 1.50. The molecule has 0 unspecified atom stereocenters. The van der Waals surface area contributed by atoms with E-state index in [1.54, 1.807) is 0 Å². The topological polar surface area (TPSA) is 87.7 Å². The second-order valence-electron chi connectivity index (χ2n) is 30.2. The van der Waals surface area contributed by atoms with Crippen molar-refractivity contribution in [2.24, 2.45) is 0 Å². The monoisotopic (exact) mass is 1420 g/mol. The maximum atomic E-state index is 6.51. The van der Waals surface area contributed by atoms with Crippen LogP contribution >= 0.6 is 0 Å². The second-order valence-corrected chi connectivity index (χ2v) is 30.2. The first kappa shape index (κ1) is 60.0. The summed E-state index contributed by atoms with van der Waals surface area (Å²) in [6, 6.07) is 124. The lowest BCUT2D eigenvalue weighted by molar-refractivity contribution is 0.668. The van der Waals surface area contributed by atoms with Gasteiger partial charge in [0.05, 0.1) is 44.1 Å². The third-order valence-corrected chi connectivity index (χ3v) is 24.3. The van der Waals surface area contributed by atoms with Crippen LogP contribution < -0.4 is 0 Å². The van der Waals surface area contributed by atoms with Gasteiger partial charge in [-0.2, -0.15) is 0 Å². The molecule has 0 radical (unpaired) electrons. The Labute approximate surface area is 636 Å². The summed E-state index contributed by atoms with van der Waals surface area (Å²) in [7, 11) is 0. The van der Waals surface area contributed by atoms with Gasteiger partial charge in [-0.1, -0.05) is 231 Å². The number of aromatic nitrogens is 6. The van der Waals surface area contributed by atoms with Crippen LogP contribution in [0.4, 0.5) is 0 Å². The summed E-state index contributed by atoms with van der Waals surface area (Å²) >= 11 is 0. The lowest BCUT2D eigenvalue weighted by atomic mass is 9.89. The van der Waals surface area contributed by atoms with Crippen LogP contribution in [-0.2, 0) is 0 Å². The van der Waals surface area contributed by atoms with Crippen LogP contribution in [0.3, 0.4) is 0 Å². The first-order valence-corrected chi connectivity index (χ1v) is 38.2. The van der Waals surface area contributed by atoms with Gasteiger partial charge in [-0.15, -0.1) is 0 Å². The summed E-state index contributed by atoms with van der Waals surface area (Å²) in [6.07, 6.45) is 0. The molecule has 0 saturated heterocycles. The average molecular weight is 1420 g/mol. The lowest BCUT2D eigenvalue weighted by Crippen LogP contribution is -2.04. The van der Waals surface area contributed by atoms with Crippen molar-refractivity contribution >= 4 is 217 Å². The first-order chi connectivity index (χ1) is 55.5.